The lowest BCUT2D eigenvalue weighted by atomic mass is 10.0. The van der Waals surface area contributed by atoms with Crippen LogP contribution in [-0.4, -0.2) is 13.1 Å². The van der Waals surface area contributed by atoms with Crippen molar-refractivity contribution >= 4 is 5.69 Å². The van der Waals surface area contributed by atoms with Crippen LogP contribution in [0.5, 0.6) is 0 Å². The summed E-state index contributed by atoms with van der Waals surface area (Å²) in [5, 5.41) is 0. The average Bonchev–Trinajstić information content (AvgIpc) is 2.81. The van der Waals surface area contributed by atoms with E-state index in [1.165, 1.54) is 18.9 Å². The van der Waals surface area contributed by atoms with Crippen LogP contribution >= 0.6 is 0 Å². The molecule has 1 aromatic rings. The molecule has 1 fully saturated rings. The van der Waals surface area contributed by atoms with Crippen LogP contribution in [0.15, 0.2) is 18.2 Å². The molecule has 1 aliphatic rings. The van der Waals surface area contributed by atoms with Crippen LogP contribution in [0.3, 0.4) is 0 Å². The highest BCUT2D eigenvalue weighted by molar-refractivity contribution is 5.56. The molecular weight excluding hydrogens is 215 g/mol. The monoisotopic (exact) mass is 236 g/mol. The molecule has 0 saturated heterocycles. The second kappa shape index (κ2) is 5.05. The van der Waals surface area contributed by atoms with Gasteiger partial charge in [0.05, 0.1) is 5.69 Å². The highest BCUT2D eigenvalue weighted by atomic mass is 19.1. The number of nitrogens with two attached hydrogens (primary N) is 1. The van der Waals surface area contributed by atoms with E-state index in [0.29, 0.717) is 11.7 Å². The summed E-state index contributed by atoms with van der Waals surface area (Å²) in [6.07, 6.45) is 4.81. The minimum atomic E-state index is -0.158. The van der Waals surface area contributed by atoms with Crippen molar-refractivity contribution in [3.63, 3.8) is 0 Å². The lowest BCUT2D eigenvalue weighted by Crippen LogP contribution is -2.31. The van der Waals surface area contributed by atoms with Crippen molar-refractivity contribution in [3.8, 4) is 0 Å². The molecule has 1 atom stereocenters. The Morgan fingerprint density at radius 3 is 2.59 bits per heavy atom. The molecule has 3 heteroatoms. The van der Waals surface area contributed by atoms with Gasteiger partial charge in [-0.05, 0) is 31.4 Å². The number of hydrogen-bond donors (Lipinski definition) is 1. The van der Waals surface area contributed by atoms with Crippen LogP contribution in [0.4, 0.5) is 10.1 Å². The largest absolute Gasteiger partial charge is 0.369 e. The van der Waals surface area contributed by atoms with Gasteiger partial charge in [-0.15, -0.1) is 0 Å². The summed E-state index contributed by atoms with van der Waals surface area (Å²) < 4.78 is 14.0. The summed E-state index contributed by atoms with van der Waals surface area (Å²) in [6, 6.07) is 5.51. The third-order valence-electron chi connectivity index (χ3n) is 3.73. The Balaban J connectivity index is 2.35. The van der Waals surface area contributed by atoms with Crippen molar-refractivity contribution in [2.24, 2.45) is 5.73 Å². The second-order valence-corrected chi connectivity index (χ2v) is 5.02. The molecule has 0 heterocycles. The van der Waals surface area contributed by atoms with Crippen molar-refractivity contribution in [3.05, 3.63) is 29.6 Å². The Morgan fingerprint density at radius 2 is 2.00 bits per heavy atom. The van der Waals surface area contributed by atoms with Crippen LogP contribution in [0.1, 0.15) is 44.2 Å². The van der Waals surface area contributed by atoms with Crippen molar-refractivity contribution in [1.82, 2.24) is 0 Å². The molecule has 0 unspecified atom stereocenters. The Morgan fingerprint density at radius 1 is 1.35 bits per heavy atom. The minimum Gasteiger partial charge on any atom is -0.369 e. The smallest absolute Gasteiger partial charge is 0.146 e. The first-order valence-electron chi connectivity index (χ1n) is 6.38. The van der Waals surface area contributed by atoms with Gasteiger partial charge in [-0.25, -0.2) is 4.39 Å². The Hall–Kier alpha value is -1.09. The lowest BCUT2D eigenvalue weighted by molar-refractivity contribution is 0.588. The molecule has 0 aromatic heterocycles. The van der Waals surface area contributed by atoms with Crippen molar-refractivity contribution in [2.75, 3.05) is 11.9 Å². The maximum atomic E-state index is 14.0. The van der Waals surface area contributed by atoms with Gasteiger partial charge in [-0.3, -0.25) is 0 Å². The molecule has 2 nitrogen and oxygen atoms in total. The highest BCUT2D eigenvalue weighted by Crippen LogP contribution is 2.33. The van der Waals surface area contributed by atoms with Crippen molar-refractivity contribution in [1.29, 1.82) is 0 Å². The van der Waals surface area contributed by atoms with Gasteiger partial charge in [0.2, 0.25) is 0 Å². The third-order valence-corrected chi connectivity index (χ3v) is 3.73. The normalized spacial score (nSPS) is 18.4. The van der Waals surface area contributed by atoms with Gasteiger partial charge in [-0.1, -0.05) is 25.0 Å². The molecule has 0 amide bonds. The molecule has 17 heavy (non-hydrogen) atoms. The molecule has 0 spiro atoms. The van der Waals surface area contributed by atoms with Crippen LogP contribution in [0.2, 0.25) is 0 Å². The number of rotatable bonds is 3. The number of anilines is 1. The quantitative estimate of drug-likeness (QED) is 0.873. The standard InChI is InChI=1S/C14H21FN2/c1-10(16)12-8-5-9-13(15)14(12)17(2)11-6-3-4-7-11/h5,8-11H,3-4,6-7,16H2,1-2H3/t10-/m1/s1. The molecule has 0 aliphatic heterocycles. The van der Waals surface area contributed by atoms with Crippen molar-refractivity contribution < 1.29 is 4.39 Å². The van der Waals surface area contributed by atoms with E-state index in [9.17, 15) is 4.39 Å². The SMILES string of the molecule is C[C@@H](N)c1cccc(F)c1N(C)C1CCCC1. The van der Waals surface area contributed by atoms with E-state index in [4.69, 9.17) is 5.73 Å². The molecule has 1 saturated carbocycles. The molecule has 0 radical (unpaired) electrons. The summed E-state index contributed by atoms with van der Waals surface area (Å²) in [6.45, 7) is 1.90. The summed E-state index contributed by atoms with van der Waals surface area (Å²) in [5.41, 5.74) is 7.52. The molecule has 1 aliphatic carbocycles. The number of hydrogen-bond acceptors (Lipinski definition) is 2. The molecule has 2 rings (SSSR count). The fourth-order valence-corrected chi connectivity index (χ4v) is 2.75. The van der Waals surface area contributed by atoms with Gasteiger partial charge < -0.3 is 10.6 Å². The lowest BCUT2D eigenvalue weighted by Gasteiger charge is -2.30. The molecule has 1 aromatic carbocycles. The molecule has 94 valence electrons. The Labute approximate surface area is 103 Å². The fourth-order valence-electron chi connectivity index (χ4n) is 2.75. The van der Waals surface area contributed by atoms with Gasteiger partial charge in [0.1, 0.15) is 5.82 Å². The first-order chi connectivity index (χ1) is 8.11. The summed E-state index contributed by atoms with van der Waals surface area (Å²) in [7, 11) is 1.99. The van der Waals surface area contributed by atoms with Gasteiger partial charge in [0.15, 0.2) is 0 Å². The zero-order valence-corrected chi connectivity index (χ0v) is 10.6. The Bertz CT molecular complexity index is 384. The summed E-state index contributed by atoms with van der Waals surface area (Å²) in [5.74, 6) is -0.158. The molecule has 0 bridgehead atoms. The van der Waals surface area contributed by atoms with Gasteiger partial charge in [-0.2, -0.15) is 0 Å². The van der Waals surface area contributed by atoms with E-state index in [1.807, 2.05) is 20.0 Å². The predicted molar refractivity (Wildman–Crippen MR) is 69.7 cm³/mol. The number of para-hydroxylation sites is 1. The molecule has 2 N–H and O–H groups in total. The van der Waals surface area contributed by atoms with E-state index in [2.05, 4.69) is 4.90 Å². The Kier molecular flexibility index (Phi) is 3.67. The third kappa shape index (κ3) is 2.44. The van der Waals surface area contributed by atoms with Gasteiger partial charge in [0.25, 0.3) is 0 Å². The van der Waals surface area contributed by atoms with Gasteiger partial charge in [0, 0.05) is 19.1 Å². The van der Waals surface area contributed by atoms with Crippen LogP contribution in [0, 0.1) is 5.82 Å². The van der Waals surface area contributed by atoms with Crippen LogP contribution in [0.25, 0.3) is 0 Å². The fraction of sp³-hybridized carbons (Fsp3) is 0.571. The maximum absolute atomic E-state index is 14.0. The second-order valence-electron chi connectivity index (χ2n) is 5.02. The first kappa shape index (κ1) is 12.4. The number of nitrogens with zero attached hydrogens (tertiary/aromatic N) is 1. The zero-order chi connectivity index (χ0) is 12.4. The average molecular weight is 236 g/mol. The topological polar surface area (TPSA) is 29.3 Å². The minimum absolute atomic E-state index is 0.135. The van der Waals surface area contributed by atoms with Crippen LogP contribution < -0.4 is 10.6 Å². The van der Waals surface area contributed by atoms with Crippen molar-refractivity contribution in [2.45, 2.75) is 44.7 Å². The van der Waals surface area contributed by atoms with Gasteiger partial charge >= 0.3 is 0 Å². The predicted octanol–water partition coefficient (Wildman–Crippen LogP) is 3.22. The first-order valence-corrected chi connectivity index (χ1v) is 6.38. The maximum Gasteiger partial charge on any atom is 0.146 e. The van der Waals surface area contributed by atoms with E-state index >= 15 is 0 Å². The number of benzene rings is 1. The van der Waals surface area contributed by atoms with E-state index < -0.39 is 0 Å². The van der Waals surface area contributed by atoms with E-state index in [-0.39, 0.29) is 11.9 Å². The molecular formula is C14H21FN2. The highest BCUT2D eigenvalue weighted by Gasteiger charge is 2.24. The van der Waals surface area contributed by atoms with E-state index in [1.54, 1.807) is 6.07 Å². The summed E-state index contributed by atoms with van der Waals surface area (Å²) in [4.78, 5) is 2.08. The summed E-state index contributed by atoms with van der Waals surface area (Å²) >= 11 is 0. The number of halogens is 1. The van der Waals surface area contributed by atoms with E-state index in [0.717, 1.165) is 18.4 Å². The van der Waals surface area contributed by atoms with Crippen LogP contribution in [-0.2, 0) is 0 Å². The zero-order valence-electron chi connectivity index (χ0n) is 10.6.